The summed E-state index contributed by atoms with van der Waals surface area (Å²) in [4.78, 5) is 49.3. The summed E-state index contributed by atoms with van der Waals surface area (Å²) in [6.07, 6.45) is 0. The number of imide groups is 1. The number of aryl methyl sites for hydroxylation is 1. The summed E-state index contributed by atoms with van der Waals surface area (Å²) in [6.45, 7) is 2.65. The van der Waals surface area contributed by atoms with Gasteiger partial charge in [0.2, 0.25) is 5.91 Å². The van der Waals surface area contributed by atoms with E-state index >= 15 is 0 Å². The minimum Gasteiger partial charge on any atom is -0.324 e. The predicted octanol–water partition coefficient (Wildman–Crippen LogP) is 3.13. The van der Waals surface area contributed by atoms with E-state index in [0.29, 0.717) is 10.4 Å². The summed E-state index contributed by atoms with van der Waals surface area (Å²) in [7, 11) is 0. The monoisotopic (exact) mass is 466 g/mol. The number of amides is 4. The van der Waals surface area contributed by atoms with E-state index < -0.39 is 34.9 Å². The zero-order valence-corrected chi connectivity index (χ0v) is 17.2. The molecule has 0 radical (unpaired) electrons. The van der Waals surface area contributed by atoms with Crippen molar-refractivity contribution in [3.63, 3.8) is 0 Å². The smallest absolute Gasteiger partial charge is 0.324 e. The van der Waals surface area contributed by atoms with E-state index in [1.807, 2.05) is 0 Å². The molecule has 2 N–H and O–H groups in total. The van der Waals surface area contributed by atoms with Crippen LogP contribution in [-0.4, -0.2) is 34.2 Å². The van der Waals surface area contributed by atoms with Crippen LogP contribution in [0.2, 0.25) is 0 Å². The second-order valence-electron chi connectivity index (χ2n) is 6.36. The zero-order chi connectivity index (χ0) is 20.6. The molecule has 0 spiro atoms. The third kappa shape index (κ3) is 3.62. The number of nitro groups is 1. The number of urea groups is 1. The molecule has 1 saturated heterocycles. The average Bonchev–Trinajstić information content (AvgIpc) is 3.15. The largest absolute Gasteiger partial charge is 0.325 e. The van der Waals surface area contributed by atoms with Crippen LogP contribution in [0.25, 0.3) is 0 Å². The molecule has 4 amide bonds. The second-order valence-corrected chi connectivity index (χ2v) is 8.82. The molecule has 0 aliphatic carbocycles. The average molecular weight is 467 g/mol. The zero-order valence-electron chi connectivity index (χ0n) is 14.8. The van der Waals surface area contributed by atoms with Gasteiger partial charge >= 0.3 is 6.03 Å². The van der Waals surface area contributed by atoms with Gasteiger partial charge in [-0.1, -0.05) is 6.07 Å². The Kier molecular flexibility index (Phi) is 5.22. The van der Waals surface area contributed by atoms with Crippen LogP contribution >= 0.6 is 27.3 Å². The number of anilines is 1. The summed E-state index contributed by atoms with van der Waals surface area (Å²) in [5.74, 6) is -1.19. The maximum Gasteiger partial charge on any atom is 0.325 e. The van der Waals surface area contributed by atoms with Crippen LogP contribution in [0.15, 0.2) is 34.1 Å². The Morgan fingerprint density at radius 3 is 2.68 bits per heavy atom. The lowest BCUT2D eigenvalue weighted by Crippen LogP contribution is -2.41. The maximum absolute atomic E-state index is 12.8. The van der Waals surface area contributed by atoms with Crippen LogP contribution < -0.4 is 10.6 Å². The molecular formula is C17H15BrN4O5S. The lowest BCUT2D eigenvalue weighted by atomic mass is 10.0. The molecule has 1 aromatic carbocycles. The molecule has 2 aromatic rings. The van der Waals surface area contributed by atoms with E-state index in [-0.39, 0.29) is 11.4 Å². The Morgan fingerprint density at radius 1 is 1.36 bits per heavy atom. The van der Waals surface area contributed by atoms with Crippen molar-refractivity contribution >= 4 is 56.5 Å². The Balaban J connectivity index is 1.74. The van der Waals surface area contributed by atoms with Gasteiger partial charge in [0.1, 0.15) is 6.54 Å². The number of hydrogen-bond donors (Lipinski definition) is 2. The normalized spacial score (nSPS) is 18.9. The molecule has 1 aliphatic rings. The molecule has 11 heteroatoms. The number of rotatable bonds is 5. The fourth-order valence-electron chi connectivity index (χ4n) is 2.82. The summed E-state index contributed by atoms with van der Waals surface area (Å²) in [6, 6.07) is 7.06. The van der Waals surface area contributed by atoms with Gasteiger partial charge in [-0.25, -0.2) is 4.79 Å². The van der Waals surface area contributed by atoms with Crippen LogP contribution in [0.5, 0.6) is 0 Å². The molecule has 28 heavy (non-hydrogen) atoms. The third-order valence-electron chi connectivity index (χ3n) is 4.33. The molecule has 146 valence electrons. The first kappa shape index (κ1) is 20.0. The van der Waals surface area contributed by atoms with Crippen molar-refractivity contribution in [3.05, 3.63) is 54.7 Å². The highest BCUT2D eigenvalue weighted by Crippen LogP contribution is 2.35. The van der Waals surface area contributed by atoms with E-state index in [1.165, 1.54) is 29.5 Å². The lowest BCUT2D eigenvalue weighted by molar-refractivity contribution is -0.385. The summed E-state index contributed by atoms with van der Waals surface area (Å²) < 4.78 is 0.808. The van der Waals surface area contributed by atoms with Gasteiger partial charge in [0, 0.05) is 22.2 Å². The molecule has 1 aliphatic heterocycles. The first-order chi connectivity index (χ1) is 13.1. The number of hydrogen-bond acceptors (Lipinski definition) is 6. The predicted molar refractivity (Wildman–Crippen MR) is 106 cm³/mol. The van der Waals surface area contributed by atoms with Crippen molar-refractivity contribution in [1.29, 1.82) is 0 Å². The van der Waals surface area contributed by atoms with Gasteiger partial charge in [-0.2, -0.15) is 0 Å². The molecule has 0 bridgehead atoms. The lowest BCUT2D eigenvalue weighted by Gasteiger charge is -2.20. The minimum absolute atomic E-state index is 0.136. The van der Waals surface area contributed by atoms with Crippen LogP contribution in [0.1, 0.15) is 17.4 Å². The minimum atomic E-state index is -1.25. The highest BCUT2D eigenvalue weighted by Gasteiger charge is 2.50. The van der Waals surface area contributed by atoms with E-state index in [4.69, 9.17) is 0 Å². The van der Waals surface area contributed by atoms with Crippen LogP contribution in [-0.2, 0) is 15.1 Å². The third-order valence-corrected chi connectivity index (χ3v) is 6.18. The van der Waals surface area contributed by atoms with Crippen molar-refractivity contribution in [2.75, 3.05) is 11.9 Å². The maximum atomic E-state index is 12.8. The van der Waals surface area contributed by atoms with E-state index in [1.54, 1.807) is 26.0 Å². The topological polar surface area (TPSA) is 122 Å². The SMILES string of the molecule is Cc1ccc(NC(=O)CN2C(=O)NC(C)(c3ccc(Br)s3)C2=O)cc1[N+](=O)[O-]. The van der Waals surface area contributed by atoms with Crippen molar-refractivity contribution in [2.24, 2.45) is 0 Å². The van der Waals surface area contributed by atoms with Crippen LogP contribution in [0.3, 0.4) is 0 Å². The first-order valence-corrected chi connectivity index (χ1v) is 9.67. The van der Waals surface area contributed by atoms with E-state index in [9.17, 15) is 24.5 Å². The Hall–Kier alpha value is -2.79. The number of carbonyl (C=O) groups is 3. The molecule has 3 rings (SSSR count). The summed E-state index contributed by atoms with van der Waals surface area (Å²) >= 11 is 4.63. The van der Waals surface area contributed by atoms with Crippen molar-refractivity contribution in [2.45, 2.75) is 19.4 Å². The Bertz CT molecular complexity index is 1010. The number of thiophene rings is 1. The van der Waals surface area contributed by atoms with Gasteiger partial charge in [-0.3, -0.25) is 24.6 Å². The fraction of sp³-hybridized carbons (Fsp3) is 0.235. The number of nitrogens with one attached hydrogen (secondary N) is 2. The first-order valence-electron chi connectivity index (χ1n) is 8.06. The summed E-state index contributed by atoms with van der Waals surface area (Å²) in [5, 5.41) is 16.1. The molecule has 1 atom stereocenters. The summed E-state index contributed by atoms with van der Waals surface area (Å²) in [5.41, 5.74) is -0.727. The highest BCUT2D eigenvalue weighted by molar-refractivity contribution is 9.11. The quantitative estimate of drug-likeness (QED) is 0.398. The van der Waals surface area contributed by atoms with Crippen molar-refractivity contribution in [3.8, 4) is 0 Å². The molecule has 1 aromatic heterocycles. The molecule has 0 saturated carbocycles. The number of nitrogens with zero attached hydrogens (tertiary/aromatic N) is 2. The van der Waals surface area contributed by atoms with Crippen molar-refractivity contribution < 1.29 is 19.3 Å². The van der Waals surface area contributed by atoms with Gasteiger partial charge in [0.05, 0.1) is 8.71 Å². The Morgan fingerprint density at radius 2 is 2.07 bits per heavy atom. The van der Waals surface area contributed by atoms with Crippen LogP contribution in [0, 0.1) is 17.0 Å². The Labute approximate surface area is 172 Å². The molecule has 1 fully saturated rings. The molecule has 1 unspecified atom stereocenters. The second kappa shape index (κ2) is 7.32. The molecular weight excluding hydrogens is 452 g/mol. The molecule has 9 nitrogen and oxygen atoms in total. The van der Waals surface area contributed by atoms with Crippen molar-refractivity contribution in [1.82, 2.24) is 10.2 Å². The van der Waals surface area contributed by atoms with E-state index in [2.05, 4.69) is 26.6 Å². The van der Waals surface area contributed by atoms with Gasteiger partial charge in [0.15, 0.2) is 5.54 Å². The van der Waals surface area contributed by atoms with Gasteiger partial charge in [0.25, 0.3) is 11.6 Å². The van der Waals surface area contributed by atoms with Gasteiger partial charge in [-0.15, -0.1) is 11.3 Å². The van der Waals surface area contributed by atoms with Gasteiger partial charge < -0.3 is 10.6 Å². The fourth-order valence-corrected chi connectivity index (χ4v) is 4.30. The van der Waals surface area contributed by atoms with Gasteiger partial charge in [-0.05, 0) is 48.0 Å². The standard InChI is InChI=1S/C17H15BrN4O5S/c1-9-3-4-10(7-11(9)22(26)27)19-14(23)8-21-15(24)17(2,20-16(21)25)12-5-6-13(18)28-12/h3-7H,8H2,1-2H3,(H,19,23)(H,20,25). The number of carbonyl (C=O) groups excluding carboxylic acids is 3. The van der Waals surface area contributed by atoms with Crippen LogP contribution in [0.4, 0.5) is 16.2 Å². The highest BCUT2D eigenvalue weighted by atomic mass is 79.9. The number of benzene rings is 1. The number of halogens is 1. The molecule has 2 heterocycles. The van der Waals surface area contributed by atoms with E-state index in [0.717, 1.165) is 8.69 Å². The number of nitro benzene ring substituents is 1.